The van der Waals surface area contributed by atoms with Crippen molar-refractivity contribution in [2.24, 2.45) is 0 Å². The van der Waals surface area contributed by atoms with Gasteiger partial charge in [-0.05, 0) is 52.4 Å². The van der Waals surface area contributed by atoms with Crippen molar-refractivity contribution in [3.8, 4) is 0 Å². The SMILES string of the molecule is O=C(Cc1ccc(Br)cc1)Nc1ccc(I)cn1. The minimum absolute atomic E-state index is 0.0639. The molecule has 5 heteroatoms. The quantitative estimate of drug-likeness (QED) is 0.776. The zero-order valence-corrected chi connectivity index (χ0v) is 13.1. The monoisotopic (exact) mass is 416 g/mol. The Morgan fingerprint density at radius 2 is 1.94 bits per heavy atom. The Bertz CT molecular complexity index is 490. The summed E-state index contributed by atoms with van der Waals surface area (Å²) in [5.74, 6) is 0.517. The Labute approximate surface area is 127 Å². The van der Waals surface area contributed by atoms with E-state index in [2.05, 4.69) is 48.8 Å². The molecule has 1 amide bonds. The summed E-state index contributed by atoms with van der Waals surface area (Å²) < 4.78 is 2.05. The van der Waals surface area contributed by atoms with Crippen molar-refractivity contribution < 1.29 is 4.79 Å². The van der Waals surface area contributed by atoms with Crippen LogP contribution >= 0.6 is 38.5 Å². The Morgan fingerprint density at radius 1 is 1.22 bits per heavy atom. The minimum atomic E-state index is -0.0639. The summed E-state index contributed by atoms with van der Waals surface area (Å²) in [6.45, 7) is 0. The molecule has 3 nitrogen and oxygen atoms in total. The zero-order valence-electron chi connectivity index (χ0n) is 9.36. The Morgan fingerprint density at radius 3 is 2.56 bits per heavy atom. The van der Waals surface area contributed by atoms with E-state index in [9.17, 15) is 4.79 Å². The van der Waals surface area contributed by atoms with Crippen molar-refractivity contribution in [1.29, 1.82) is 0 Å². The number of nitrogens with one attached hydrogen (secondary N) is 1. The maximum absolute atomic E-state index is 11.8. The highest BCUT2D eigenvalue weighted by Crippen LogP contribution is 2.12. The average Bonchev–Trinajstić information content (AvgIpc) is 2.35. The Kier molecular flexibility index (Phi) is 4.71. The van der Waals surface area contributed by atoms with E-state index in [1.165, 1.54) is 0 Å². The predicted octanol–water partition coefficient (Wildman–Crippen LogP) is 3.63. The summed E-state index contributed by atoms with van der Waals surface area (Å²) >= 11 is 5.53. The first kappa shape index (κ1) is 13.5. The number of benzene rings is 1. The van der Waals surface area contributed by atoms with Gasteiger partial charge in [0.1, 0.15) is 5.82 Å². The average molecular weight is 417 g/mol. The second-order valence-corrected chi connectivity index (χ2v) is 5.87. The van der Waals surface area contributed by atoms with Gasteiger partial charge in [0, 0.05) is 14.2 Å². The molecule has 1 aromatic heterocycles. The lowest BCUT2D eigenvalue weighted by atomic mass is 10.1. The molecule has 0 aliphatic rings. The molecule has 0 saturated heterocycles. The first-order chi connectivity index (χ1) is 8.63. The molecule has 0 radical (unpaired) electrons. The topological polar surface area (TPSA) is 42.0 Å². The minimum Gasteiger partial charge on any atom is -0.310 e. The highest BCUT2D eigenvalue weighted by Gasteiger charge is 2.04. The fourth-order valence-corrected chi connectivity index (χ4v) is 2.01. The number of amides is 1. The van der Waals surface area contributed by atoms with Gasteiger partial charge < -0.3 is 5.32 Å². The van der Waals surface area contributed by atoms with Gasteiger partial charge in [-0.1, -0.05) is 28.1 Å². The standard InChI is InChI=1S/C13H10BrIN2O/c14-10-3-1-9(2-4-10)7-13(18)17-12-6-5-11(15)8-16-12/h1-6,8H,7H2,(H,16,17,18). The van der Waals surface area contributed by atoms with Crippen molar-refractivity contribution in [2.75, 3.05) is 5.32 Å². The molecule has 18 heavy (non-hydrogen) atoms. The maximum Gasteiger partial charge on any atom is 0.229 e. The van der Waals surface area contributed by atoms with E-state index in [0.29, 0.717) is 12.2 Å². The summed E-state index contributed by atoms with van der Waals surface area (Å²) in [5, 5.41) is 2.77. The number of aromatic nitrogens is 1. The van der Waals surface area contributed by atoms with Gasteiger partial charge in [-0.15, -0.1) is 0 Å². The third kappa shape index (κ3) is 4.06. The smallest absolute Gasteiger partial charge is 0.229 e. The zero-order chi connectivity index (χ0) is 13.0. The Hall–Kier alpha value is -0.950. The fourth-order valence-electron chi connectivity index (χ4n) is 1.42. The lowest BCUT2D eigenvalue weighted by Crippen LogP contribution is -2.15. The van der Waals surface area contributed by atoms with Gasteiger partial charge in [0.15, 0.2) is 0 Å². The lowest BCUT2D eigenvalue weighted by molar-refractivity contribution is -0.115. The van der Waals surface area contributed by atoms with E-state index in [1.807, 2.05) is 30.3 Å². The van der Waals surface area contributed by atoms with Gasteiger partial charge in [-0.2, -0.15) is 0 Å². The summed E-state index contributed by atoms with van der Waals surface area (Å²) in [6.07, 6.45) is 2.07. The number of hydrogen-bond acceptors (Lipinski definition) is 2. The highest BCUT2D eigenvalue weighted by molar-refractivity contribution is 14.1. The number of carbonyl (C=O) groups excluding carboxylic acids is 1. The number of hydrogen-bond donors (Lipinski definition) is 1. The van der Waals surface area contributed by atoms with Crippen molar-refractivity contribution in [3.05, 3.63) is 56.2 Å². The van der Waals surface area contributed by atoms with Crippen molar-refractivity contribution in [2.45, 2.75) is 6.42 Å². The van der Waals surface area contributed by atoms with Gasteiger partial charge in [0.2, 0.25) is 5.91 Å². The molecule has 0 bridgehead atoms. The fraction of sp³-hybridized carbons (Fsp3) is 0.0769. The Balaban J connectivity index is 1.96. The van der Waals surface area contributed by atoms with E-state index in [4.69, 9.17) is 0 Å². The molecule has 0 aliphatic heterocycles. The van der Waals surface area contributed by atoms with Crippen LogP contribution in [0.5, 0.6) is 0 Å². The van der Waals surface area contributed by atoms with Crippen LogP contribution in [0.2, 0.25) is 0 Å². The van der Waals surface area contributed by atoms with Crippen LogP contribution in [0, 0.1) is 3.57 Å². The van der Waals surface area contributed by atoms with Crippen LogP contribution in [0.1, 0.15) is 5.56 Å². The highest BCUT2D eigenvalue weighted by atomic mass is 127. The van der Waals surface area contributed by atoms with Gasteiger partial charge in [0.05, 0.1) is 6.42 Å². The van der Waals surface area contributed by atoms with E-state index < -0.39 is 0 Å². The van der Waals surface area contributed by atoms with E-state index in [-0.39, 0.29) is 5.91 Å². The van der Waals surface area contributed by atoms with Crippen molar-refractivity contribution in [1.82, 2.24) is 4.98 Å². The summed E-state index contributed by atoms with van der Waals surface area (Å²) in [5.41, 5.74) is 0.973. The third-order valence-electron chi connectivity index (χ3n) is 2.27. The van der Waals surface area contributed by atoms with E-state index in [0.717, 1.165) is 13.6 Å². The first-order valence-electron chi connectivity index (χ1n) is 5.29. The lowest BCUT2D eigenvalue weighted by Gasteiger charge is -2.04. The number of pyridine rings is 1. The third-order valence-corrected chi connectivity index (χ3v) is 3.44. The summed E-state index contributed by atoms with van der Waals surface area (Å²) in [7, 11) is 0. The molecule has 2 aromatic rings. The van der Waals surface area contributed by atoms with Crippen LogP contribution < -0.4 is 5.32 Å². The molecule has 2 rings (SSSR count). The number of halogens is 2. The van der Waals surface area contributed by atoms with Gasteiger partial charge in [-0.3, -0.25) is 4.79 Å². The van der Waals surface area contributed by atoms with Crippen LogP contribution in [0.4, 0.5) is 5.82 Å². The second kappa shape index (κ2) is 6.29. The molecule has 0 unspecified atom stereocenters. The van der Waals surface area contributed by atoms with E-state index >= 15 is 0 Å². The second-order valence-electron chi connectivity index (χ2n) is 3.71. The van der Waals surface area contributed by atoms with Crippen molar-refractivity contribution >= 4 is 50.2 Å². The number of carbonyl (C=O) groups is 1. The molecule has 0 spiro atoms. The van der Waals surface area contributed by atoms with Crippen LogP contribution in [0.25, 0.3) is 0 Å². The number of nitrogens with zero attached hydrogens (tertiary/aromatic N) is 1. The molecule has 1 N–H and O–H groups in total. The van der Waals surface area contributed by atoms with Crippen LogP contribution in [0.15, 0.2) is 47.1 Å². The molecule has 0 saturated carbocycles. The molecule has 0 aliphatic carbocycles. The van der Waals surface area contributed by atoms with Gasteiger partial charge >= 0.3 is 0 Å². The van der Waals surface area contributed by atoms with E-state index in [1.54, 1.807) is 12.3 Å². The maximum atomic E-state index is 11.8. The first-order valence-corrected chi connectivity index (χ1v) is 7.16. The number of rotatable bonds is 3. The largest absolute Gasteiger partial charge is 0.310 e. The van der Waals surface area contributed by atoms with Crippen LogP contribution in [0.3, 0.4) is 0 Å². The van der Waals surface area contributed by atoms with Crippen molar-refractivity contribution in [3.63, 3.8) is 0 Å². The van der Waals surface area contributed by atoms with Crippen LogP contribution in [-0.4, -0.2) is 10.9 Å². The molecule has 0 atom stereocenters. The van der Waals surface area contributed by atoms with Gasteiger partial charge in [0.25, 0.3) is 0 Å². The van der Waals surface area contributed by atoms with Gasteiger partial charge in [-0.25, -0.2) is 4.98 Å². The molecule has 0 fully saturated rings. The molecule has 1 aromatic carbocycles. The number of anilines is 1. The summed E-state index contributed by atoms with van der Waals surface area (Å²) in [4.78, 5) is 15.9. The molecule has 92 valence electrons. The predicted molar refractivity (Wildman–Crippen MR) is 83.4 cm³/mol. The molecular formula is C13H10BrIN2O. The van der Waals surface area contributed by atoms with Crippen LogP contribution in [-0.2, 0) is 11.2 Å². The molecular weight excluding hydrogens is 407 g/mol. The summed E-state index contributed by atoms with van der Waals surface area (Å²) in [6, 6.07) is 11.4. The molecule has 1 heterocycles. The normalized spacial score (nSPS) is 10.1.